The Morgan fingerprint density at radius 2 is 1.89 bits per heavy atom. The maximum absolute atomic E-state index is 2.26. The Labute approximate surface area is 58.3 Å². The first-order valence-corrected chi connectivity index (χ1v) is 3.52. The van der Waals surface area contributed by atoms with Gasteiger partial charge in [0.1, 0.15) is 0 Å². The van der Waals surface area contributed by atoms with Crippen molar-refractivity contribution in [2.24, 2.45) is 0 Å². The zero-order valence-corrected chi connectivity index (χ0v) is 6.65. The summed E-state index contributed by atoms with van der Waals surface area (Å²) < 4.78 is 0. The predicted molar refractivity (Wildman–Crippen MR) is 43.5 cm³/mol. The summed E-state index contributed by atoms with van der Waals surface area (Å²) in [5, 5.41) is 0. The molecule has 0 saturated carbocycles. The number of rotatable bonds is 3. The lowest BCUT2D eigenvalue weighted by molar-refractivity contribution is 1.03. The molecular weight excluding hydrogens is 108 g/mol. The molecule has 0 radical (unpaired) electrons. The second-order valence-electron chi connectivity index (χ2n) is 2.43. The van der Waals surface area contributed by atoms with E-state index in [0.717, 1.165) is 0 Å². The minimum Gasteiger partial charge on any atom is -0.0917 e. The van der Waals surface area contributed by atoms with E-state index in [4.69, 9.17) is 0 Å². The molecule has 0 heteroatoms. The molecule has 52 valence electrons. The van der Waals surface area contributed by atoms with E-state index in [1.165, 1.54) is 18.4 Å². The van der Waals surface area contributed by atoms with Gasteiger partial charge < -0.3 is 0 Å². The molecule has 0 unspecified atom stereocenters. The van der Waals surface area contributed by atoms with Gasteiger partial charge in [0.25, 0.3) is 0 Å². The number of hydrogen-bond acceptors (Lipinski definition) is 0. The summed E-state index contributed by atoms with van der Waals surface area (Å²) in [7, 11) is 0. The summed E-state index contributed by atoms with van der Waals surface area (Å²) in [6, 6.07) is 0. The highest BCUT2D eigenvalue weighted by Crippen LogP contribution is 1.97. The van der Waals surface area contributed by atoms with Crippen molar-refractivity contribution in [1.82, 2.24) is 0 Å². The van der Waals surface area contributed by atoms with Crippen LogP contribution in [-0.4, -0.2) is 0 Å². The zero-order valence-electron chi connectivity index (χ0n) is 6.65. The van der Waals surface area contributed by atoms with Gasteiger partial charge in [-0.2, -0.15) is 0 Å². The predicted octanol–water partition coefficient (Wildman–Crippen LogP) is 3.31. The second-order valence-corrected chi connectivity index (χ2v) is 2.43. The van der Waals surface area contributed by atoms with E-state index in [-0.39, 0.29) is 0 Å². The van der Waals surface area contributed by atoms with Crippen molar-refractivity contribution in [3.63, 3.8) is 0 Å². The van der Waals surface area contributed by atoms with Crippen LogP contribution in [0.25, 0.3) is 0 Å². The summed E-state index contributed by atoms with van der Waals surface area (Å²) in [5.41, 5.74) is 1.42. The van der Waals surface area contributed by atoms with Gasteiger partial charge in [-0.15, -0.1) is 0 Å². The Bertz CT molecular complexity index is 103. The molecule has 0 heterocycles. The van der Waals surface area contributed by atoms with E-state index < -0.39 is 0 Å². The van der Waals surface area contributed by atoms with Gasteiger partial charge in [0.15, 0.2) is 0 Å². The smallest absolute Gasteiger partial charge is 0.0314 e. The van der Waals surface area contributed by atoms with E-state index in [0.29, 0.717) is 0 Å². The van der Waals surface area contributed by atoms with Gasteiger partial charge in [0.05, 0.1) is 0 Å². The maximum atomic E-state index is 2.26. The van der Waals surface area contributed by atoms with Crippen LogP contribution in [0.1, 0.15) is 33.6 Å². The molecule has 9 heavy (non-hydrogen) atoms. The Morgan fingerprint density at radius 1 is 1.22 bits per heavy atom. The Morgan fingerprint density at radius 3 is 2.33 bits per heavy atom. The normalized spacial score (nSPS) is 10.1. The fourth-order valence-electron chi connectivity index (χ4n) is 0.635. The highest BCUT2D eigenvalue weighted by molar-refractivity contribution is 4.94. The summed E-state index contributed by atoms with van der Waals surface area (Å²) in [6.07, 6.45) is 8.92. The molecule has 0 aromatic heterocycles. The summed E-state index contributed by atoms with van der Waals surface area (Å²) in [6.45, 7) is 6.33. The van der Waals surface area contributed by atoms with Gasteiger partial charge in [-0.25, -0.2) is 0 Å². The molecule has 0 nitrogen and oxygen atoms in total. The molecule has 0 fully saturated rings. The van der Waals surface area contributed by atoms with Crippen LogP contribution in [0.3, 0.4) is 0 Å². The van der Waals surface area contributed by atoms with Crippen molar-refractivity contribution in [1.29, 1.82) is 0 Å². The number of hydrogen-bond donors (Lipinski definition) is 0. The molecule has 0 aliphatic rings. The largest absolute Gasteiger partial charge is 0.0917 e. The van der Waals surface area contributed by atoms with E-state index in [2.05, 4.69) is 39.0 Å². The van der Waals surface area contributed by atoms with Crippen LogP contribution in [0.5, 0.6) is 0 Å². The van der Waals surface area contributed by atoms with Crippen LogP contribution in [0, 0.1) is 0 Å². The van der Waals surface area contributed by atoms with Crippen LogP contribution in [-0.2, 0) is 0 Å². The van der Waals surface area contributed by atoms with Crippen molar-refractivity contribution >= 4 is 0 Å². The molecular formula is C9H16. The molecule has 0 spiro atoms. The van der Waals surface area contributed by atoms with Crippen molar-refractivity contribution in [3.8, 4) is 0 Å². The van der Waals surface area contributed by atoms with Gasteiger partial charge in [-0.1, -0.05) is 23.8 Å². The van der Waals surface area contributed by atoms with Crippen LogP contribution in [0.2, 0.25) is 0 Å². The number of allylic oxidation sites excluding steroid dienone is 4. The molecule has 0 aromatic carbocycles. The fourth-order valence-corrected chi connectivity index (χ4v) is 0.635. The van der Waals surface area contributed by atoms with Crippen LogP contribution in [0.15, 0.2) is 23.8 Å². The third-order valence-corrected chi connectivity index (χ3v) is 1.12. The lowest BCUT2D eigenvalue weighted by Crippen LogP contribution is -1.66. The third kappa shape index (κ3) is 7.48. The molecule has 0 aliphatic carbocycles. The van der Waals surface area contributed by atoms with Gasteiger partial charge in [-0.05, 0) is 33.6 Å². The van der Waals surface area contributed by atoms with Crippen LogP contribution < -0.4 is 0 Å². The second kappa shape index (κ2) is 5.61. The average Bonchev–Trinajstić information content (AvgIpc) is 1.80. The summed E-state index contributed by atoms with van der Waals surface area (Å²) in [5.74, 6) is 0. The summed E-state index contributed by atoms with van der Waals surface area (Å²) in [4.78, 5) is 0. The van der Waals surface area contributed by atoms with E-state index in [1.54, 1.807) is 0 Å². The van der Waals surface area contributed by atoms with Crippen LogP contribution in [0.4, 0.5) is 0 Å². The van der Waals surface area contributed by atoms with Gasteiger partial charge in [-0.3, -0.25) is 0 Å². The molecule has 0 saturated heterocycles. The number of unbranched alkanes of at least 4 members (excludes halogenated alkanes) is 1. The van der Waals surface area contributed by atoms with Crippen molar-refractivity contribution in [2.75, 3.05) is 0 Å². The summed E-state index contributed by atoms with van der Waals surface area (Å²) >= 11 is 0. The molecule has 0 atom stereocenters. The third-order valence-electron chi connectivity index (χ3n) is 1.12. The fraction of sp³-hybridized carbons (Fsp3) is 0.556. The highest BCUT2D eigenvalue weighted by Gasteiger charge is 1.76. The van der Waals surface area contributed by atoms with Crippen molar-refractivity contribution in [3.05, 3.63) is 23.8 Å². The highest BCUT2D eigenvalue weighted by atomic mass is 13.8. The lowest BCUT2D eigenvalue weighted by atomic mass is 10.2. The van der Waals surface area contributed by atoms with E-state index in [9.17, 15) is 0 Å². The SMILES string of the molecule is C/C=C\CCC=C(C)C. The van der Waals surface area contributed by atoms with E-state index >= 15 is 0 Å². The molecule has 0 aliphatic heterocycles. The van der Waals surface area contributed by atoms with Crippen LogP contribution >= 0.6 is 0 Å². The minimum absolute atomic E-state index is 1.18. The van der Waals surface area contributed by atoms with Crippen molar-refractivity contribution in [2.45, 2.75) is 33.6 Å². The van der Waals surface area contributed by atoms with Gasteiger partial charge >= 0.3 is 0 Å². The molecule has 0 N–H and O–H groups in total. The topological polar surface area (TPSA) is 0 Å². The standard InChI is InChI=1S/C9H16/c1-4-5-6-7-8-9(2)3/h4-5,8H,6-7H2,1-3H3/b5-4-. The maximum Gasteiger partial charge on any atom is -0.0314 e. The zero-order chi connectivity index (χ0) is 7.11. The molecule has 0 amide bonds. The Kier molecular flexibility index (Phi) is 5.29. The first-order valence-electron chi connectivity index (χ1n) is 3.52. The average molecular weight is 124 g/mol. The lowest BCUT2D eigenvalue weighted by Gasteiger charge is -1.87. The monoisotopic (exact) mass is 124 g/mol. The first kappa shape index (κ1) is 8.48. The Balaban J connectivity index is 3.20. The first-order chi connectivity index (χ1) is 4.27. The van der Waals surface area contributed by atoms with Gasteiger partial charge in [0.2, 0.25) is 0 Å². The minimum atomic E-state index is 1.18. The Hall–Kier alpha value is -0.520. The van der Waals surface area contributed by atoms with Gasteiger partial charge in [0, 0.05) is 0 Å². The molecule has 0 rings (SSSR count). The van der Waals surface area contributed by atoms with E-state index in [1.807, 2.05) is 0 Å². The van der Waals surface area contributed by atoms with Crippen molar-refractivity contribution < 1.29 is 0 Å². The molecule has 0 bridgehead atoms. The molecule has 0 aromatic rings. The quantitative estimate of drug-likeness (QED) is 0.400.